The zero-order valence-electron chi connectivity index (χ0n) is 21.4. The summed E-state index contributed by atoms with van der Waals surface area (Å²) in [7, 11) is 0. The van der Waals surface area contributed by atoms with E-state index >= 15 is 0 Å². The van der Waals surface area contributed by atoms with Crippen LogP contribution < -0.4 is 0 Å². The molecule has 0 unspecified atom stereocenters. The number of rotatable bonds is 1. The Hall–Kier alpha value is -3.39. The summed E-state index contributed by atoms with van der Waals surface area (Å²) in [5.41, 5.74) is 8.50. The predicted molar refractivity (Wildman–Crippen MR) is 148 cm³/mol. The molecular formula is C31H38N2. The Morgan fingerprint density at radius 1 is 0.758 bits per heavy atom. The minimum absolute atomic E-state index is 1.02. The van der Waals surface area contributed by atoms with E-state index in [9.17, 15) is 0 Å². The van der Waals surface area contributed by atoms with Gasteiger partial charge < -0.3 is 0 Å². The van der Waals surface area contributed by atoms with Gasteiger partial charge in [-0.2, -0.15) is 0 Å². The van der Waals surface area contributed by atoms with Crippen LogP contribution in [0.15, 0.2) is 80.0 Å². The fourth-order valence-corrected chi connectivity index (χ4v) is 4.15. The van der Waals surface area contributed by atoms with Crippen molar-refractivity contribution in [3.05, 3.63) is 96.7 Å². The summed E-state index contributed by atoms with van der Waals surface area (Å²) in [6.07, 6.45) is 3.27. The topological polar surface area (TPSA) is 17.3 Å². The Kier molecular flexibility index (Phi) is 9.42. The third kappa shape index (κ3) is 5.01. The Bertz CT molecular complexity index is 1320. The van der Waals surface area contributed by atoms with Crippen LogP contribution in [0, 0.1) is 20.8 Å². The first-order valence-corrected chi connectivity index (χ1v) is 11.9. The van der Waals surface area contributed by atoms with Crippen molar-refractivity contribution in [2.45, 2.75) is 54.9 Å². The zero-order valence-corrected chi connectivity index (χ0v) is 21.4. The van der Waals surface area contributed by atoms with Crippen LogP contribution >= 0.6 is 0 Å². The van der Waals surface area contributed by atoms with Crippen molar-refractivity contribution in [3.8, 4) is 11.3 Å². The third-order valence-corrected chi connectivity index (χ3v) is 5.35. The van der Waals surface area contributed by atoms with Crippen LogP contribution in [0.2, 0.25) is 0 Å². The molecule has 0 spiro atoms. The van der Waals surface area contributed by atoms with E-state index in [1.807, 2.05) is 20.0 Å². The second kappa shape index (κ2) is 12.0. The van der Waals surface area contributed by atoms with Gasteiger partial charge in [0.05, 0.1) is 17.4 Å². The van der Waals surface area contributed by atoms with Crippen LogP contribution in [0.5, 0.6) is 0 Å². The van der Waals surface area contributed by atoms with E-state index in [1.165, 1.54) is 50.4 Å². The summed E-state index contributed by atoms with van der Waals surface area (Å²) in [4.78, 5) is 4.84. The molecule has 0 bridgehead atoms. The minimum atomic E-state index is 1.02. The normalized spacial score (nSPS) is 10.0. The van der Waals surface area contributed by atoms with Crippen molar-refractivity contribution in [2.24, 2.45) is 0 Å². The molecule has 2 heteroatoms. The molecule has 0 saturated carbocycles. The maximum atomic E-state index is 4.84. The maximum Gasteiger partial charge on any atom is 0.145 e. The number of nitrogens with zero attached hydrogens (tertiary/aromatic N) is 2. The van der Waals surface area contributed by atoms with E-state index in [-0.39, 0.29) is 0 Å². The van der Waals surface area contributed by atoms with Gasteiger partial charge in [-0.05, 0) is 49.4 Å². The monoisotopic (exact) mass is 438 g/mol. The fourth-order valence-electron chi connectivity index (χ4n) is 4.15. The van der Waals surface area contributed by atoms with Gasteiger partial charge in [-0.25, -0.2) is 4.98 Å². The standard InChI is InChI=1S/C24H20N2.C3H8.C2H6.C2H4/c1-15-11-12-21-20(13-15)18-9-4-5-10-19(18)24-25-14-22(26(21)24)23-16(2)7-6-8-17(23)3;1-3-2;2*1-2/h4-14H,1-3H3;3H2,1-2H3;1-2H3;1-2H2. The first-order valence-electron chi connectivity index (χ1n) is 11.9. The lowest BCUT2D eigenvalue weighted by Crippen LogP contribution is -1.96. The molecule has 5 rings (SSSR count). The lowest BCUT2D eigenvalue weighted by atomic mass is 9.99. The average molecular weight is 439 g/mol. The average Bonchev–Trinajstić information content (AvgIpc) is 3.27. The minimum Gasteiger partial charge on any atom is -0.292 e. The molecule has 3 aromatic carbocycles. The molecular weight excluding hydrogens is 400 g/mol. The fraction of sp³-hybridized carbons (Fsp3) is 0.258. The lowest BCUT2D eigenvalue weighted by molar-refractivity contribution is 1.09. The molecule has 0 atom stereocenters. The first kappa shape index (κ1) is 25.9. The summed E-state index contributed by atoms with van der Waals surface area (Å²) >= 11 is 0. The molecule has 0 radical (unpaired) electrons. The second-order valence-corrected chi connectivity index (χ2v) is 7.84. The third-order valence-electron chi connectivity index (χ3n) is 5.35. The molecule has 172 valence electrons. The van der Waals surface area contributed by atoms with Gasteiger partial charge in [0.25, 0.3) is 0 Å². The predicted octanol–water partition coefficient (Wildman–Crippen LogP) is 9.48. The number of pyridine rings is 1. The Balaban J connectivity index is 0.000000501. The van der Waals surface area contributed by atoms with E-state index in [0.717, 1.165) is 11.3 Å². The van der Waals surface area contributed by atoms with E-state index < -0.39 is 0 Å². The number of aromatic nitrogens is 2. The highest BCUT2D eigenvalue weighted by Crippen LogP contribution is 2.35. The highest BCUT2D eigenvalue weighted by atomic mass is 15.0. The first-order chi connectivity index (χ1) is 16.1. The molecule has 0 N–H and O–H groups in total. The van der Waals surface area contributed by atoms with Gasteiger partial charge in [0.1, 0.15) is 5.65 Å². The van der Waals surface area contributed by atoms with E-state index in [1.54, 1.807) is 0 Å². The van der Waals surface area contributed by atoms with E-state index in [0.29, 0.717) is 0 Å². The Morgan fingerprint density at radius 3 is 1.94 bits per heavy atom. The number of fused-ring (bicyclic) bond motifs is 6. The summed E-state index contributed by atoms with van der Waals surface area (Å²) < 4.78 is 2.33. The van der Waals surface area contributed by atoms with Crippen molar-refractivity contribution in [2.75, 3.05) is 0 Å². The lowest BCUT2D eigenvalue weighted by Gasteiger charge is -2.14. The Morgan fingerprint density at radius 2 is 1.33 bits per heavy atom. The number of hydrogen-bond acceptors (Lipinski definition) is 1. The number of hydrogen-bond donors (Lipinski definition) is 0. The summed E-state index contributed by atoms with van der Waals surface area (Å²) in [5.74, 6) is 0. The van der Waals surface area contributed by atoms with Crippen LogP contribution in [0.25, 0.3) is 38.6 Å². The summed E-state index contributed by atoms with van der Waals surface area (Å²) in [6, 6.07) is 21.7. The van der Waals surface area contributed by atoms with E-state index in [2.05, 4.69) is 113 Å². The van der Waals surface area contributed by atoms with Gasteiger partial charge in [-0.1, -0.05) is 88.2 Å². The molecule has 2 nitrogen and oxygen atoms in total. The molecule has 0 saturated heterocycles. The molecule has 0 aliphatic rings. The number of imidazole rings is 1. The van der Waals surface area contributed by atoms with Crippen molar-refractivity contribution in [1.82, 2.24) is 9.38 Å². The van der Waals surface area contributed by atoms with Crippen LogP contribution in [0.4, 0.5) is 0 Å². The van der Waals surface area contributed by atoms with Gasteiger partial charge in [0.15, 0.2) is 0 Å². The van der Waals surface area contributed by atoms with Gasteiger partial charge in [0, 0.05) is 16.3 Å². The molecule has 0 aliphatic heterocycles. The molecule has 2 heterocycles. The van der Waals surface area contributed by atoms with Crippen molar-refractivity contribution in [3.63, 3.8) is 0 Å². The van der Waals surface area contributed by atoms with Crippen LogP contribution in [-0.4, -0.2) is 9.38 Å². The van der Waals surface area contributed by atoms with Gasteiger partial charge in [0.2, 0.25) is 0 Å². The number of aryl methyl sites for hydroxylation is 3. The smallest absolute Gasteiger partial charge is 0.145 e. The van der Waals surface area contributed by atoms with Gasteiger partial charge in [-0.15, -0.1) is 13.2 Å². The van der Waals surface area contributed by atoms with E-state index in [4.69, 9.17) is 4.98 Å². The summed E-state index contributed by atoms with van der Waals surface area (Å²) in [5, 5.41) is 3.74. The van der Waals surface area contributed by atoms with Crippen molar-refractivity contribution in [1.29, 1.82) is 0 Å². The van der Waals surface area contributed by atoms with Crippen LogP contribution in [-0.2, 0) is 0 Å². The largest absolute Gasteiger partial charge is 0.292 e. The van der Waals surface area contributed by atoms with Gasteiger partial charge in [-0.3, -0.25) is 4.40 Å². The quantitative estimate of drug-likeness (QED) is 0.188. The zero-order chi connectivity index (χ0) is 24.5. The van der Waals surface area contributed by atoms with Crippen LogP contribution in [0.1, 0.15) is 50.8 Å². The van der Waals surface area contributed by atoms with Crippen LogP contribution in [0.3, 0.4) is 0 Å². The summed E-state index contributed by atoms with van der Waals surface area (Å²) in [6.45, 7) is 20.8. The maximum absolute atomic E-state index is 4.84. The highest BCUT2D eigenvalue weighted by Gasteiger charge is 2.16. The molecule has 2 aromatic heterocycles. The molecule has 5 aromatic rings. The SMILES string of the molecule is C=C.CC.CCC.Cc1ccc2c(c1)c1ccccc1c1ncc(-c3c(C)cccc3C)n21. The Labute approximate surface area is 199 Å². The van der Waals surface area contributed by atoms with Gasteiger partial charge >= 0.3 is 0 Å². The van der Waals surface area contributed by atoms with Crippen molar-refractivity contribution < 1.29 is 0 Å². The molecule has 0 amide bonds. The molecule has 0 fully saturated rings. The molecule has 0 aliphatic carbocycles. The molecule has 33 heavy (non-hydrogen) atoms. The highest BCUT2D eigenvalue weighted by molar-refractivity contribution is 6.12. The number of benzene rings is 3. The second-order valence-electron chi connectivity index (χ2n) is 7.84. The van der Waals surface area contributed by atoms with Crippen molar-refractivity contribution >= 4 is 27.3 Å².